The van der Waals surface area contributed by atoms with E-state index < -0.39 is 0 Å². The second-order valence-electron chi connectivity index (χ2n) is 6.14. The van der Waals surface area contributed by atoms with Gasteiger partial charge in [-0.3, -0.25) is 14.7 Å². The fraction of sp³-hybridized carbons (Fsp3) is 0.444. The Morgan fingerprint density at radius 3 is 2.77 bits per heavy atom. The first-order chi connectivity index (χ1) is 12.7. The van der Waals surface area contributed by atoms with Gasteiger partial charge in [0.05, 0.1) is 13.2 Å². The van der Waals surface area contributed by atoms with Gasteiger partial charge in [0.2, 0.25) is 5.95 Å². The molecule has 3 heterocycles. The Bertz CT molecular complexity index is 719. The van der Waals surface area contributed by atoms with Crippen molar-refractivity contribution < 1.29 is 9.53 Å². The van der Waals surface area contributed by atoms with E-state index in [1.165, 1.54) is 0 Å². The lowest BCUT2D eigenvalue weighted by Crippen LogP contribution is -2.39. The van der Waals surface area contributed by atoms with E-state index in [2.05, 4.69) is 30.5 Å². The van der Waals surface area contributed by atoms with Crippen LogP contribution in [-0.2, 0) is 11.3 Å². The van der Waals surface area contributed by atoms with Gasteiger partial charge < -0.3 is 15.4 Å². The molecule has 8 heteroatoms. The normalized spacial score (nSPS) is 14.8. The molecule has 2 aromatic heterocycles. The number of carbonyl (C=O) groups excluding carboxylic acids is 1. The van der Waals surface area contributed by atoms with Crippen molar-refractivity contribution >= 4 is 11.9 Å². The van der Waals surface area contributed by atoms with Crippen molar-refractivity contribution in [3.63, 3.8) is 0 Å². The second-order valence-corrected chi connectivity index (χ2v) is 6.14. The number of morpholine rings is 1. The summed E-state index contributed by atoms with van der Waals surface area (Å²) in [6, 6.07) is 5.42. The molecular weight excluding hydrogens is 332 g/mol. The zero-order valence-electron chi connectivity index (χ0n) is 14.9. The van der Waals surface area contributed by atoms with E-state index in [1.807, 2.05) is 19.1 Å². The number of ether oxygens (including phenoxy) is 1. The molecule has 138 valence electrons. The minimum absolute atomic E-state index is 0.219. The van der Waals surface area contributed by atoms with Crippen LogP contribution in [0.1, 0.15) is 21.7 Å². The summed E-state index contributed by atoms with van der Waals surface area (Å²) in [7, 11) is 0. The predicted molar refractivity (Wildman–Crippen MR) is 97.9 cm³/mol. The van der Waals surface area contributed by atoms with E-state index in [1.54, 1.807) is 18.5 Å². The van der Waals surface area contributed by atoms with Gasteiger partial charge >= 0.3 is 0 Å². The van der Waals surface area contributed by atoms with Gasteiger partial charge in [0, 0.05) is 50.8 Å². The summed E-state index contributed by atoms with van der Waals surface area (Å²) in [5.41, 5.74) is 2.10. The van der Waals surface area contributed by atoms with Crippen LogP contribution in [0, 0.1) is 6.92 Å². The van der Waals surface area contributed by atoms with Gasteiger partial charge in [-0.15, -0.1) is 0 Å². The molecular formula is C18H24N6O2. The zero-order valence-corrected chi connectivity index (χ0v) is 14.9. The van der Waals surface area contributed by atoms with Crippen molar-refractivity contribution in [1.82, 2.24) is 25.2 Å². The third-order valence-corrected chi connectivity index (χ3v) is 4.10. The van der Waals surface area contributed by atoms with E-state index in [0.29, 0.717) is 18.2 Å². The number of hydrogen-bond donors (Lipinski definition) is 2. The summed E-state index contributed by atoms with van der Waals surface area (Å²) in [5.74, 6) is 0.260. The molecule has 2 aromatic rings. The smallest absolute Gasteiger partial charge is 0.270 e. The Morgan fingerprint density at radius 2 is 2.00 bits per heavy atom. The van der Waals surface area contributed by atoms with Crippen molar-refractivity contribution in [2.75, 3.05) is 44.7 Å². The van der Waals surface area contributed by atoms with Crippen molar-refractivity contribution in [1.29, 1.82) is 0 Å². The minimum Gasteiger partial charge on any atom is -0.379 e. The molecule has 26 heavy (non-hydrogen) atoms. The molecule has 1 fully saturated rings. The highest BCUT2D eigenvalue weighted by Crippen LogP contribution is 2.06. The quantitative estimate of drug-likeness (QED) is 0.760. The Kier molecular flexibility index (Phi) is 6.45. The van der Waals surface area contributed by atoms with Gasteiger partial charge in [-0.25, -0.2) is 9.97 Å². The van der Waals surface area contributed by atoms with Gasteiger partial charge in [-0.1, -0.05) is 0 Å². The average molecular weight is 356 g/mol. The highest BCUT2D eigenvalue weighted by Gasteiger charge is 2.12. The van der Waals surface area contributed by atoms with Gasteiger partial charge in [-0.2, -0.15) is 0 Å². The van der Waals surface area contributed by atoms with Crippen molar-refractivity contribution in [2.24, 2.45) is 0 Å². The standard InChI is InChI=1S/C18H24N6O2/c1-14-12-16(17(25)21-13-15-2-4-19-5-3-15)23-18(22-14)20-6-7-24-8-10-26-11-9-24/h2-5,12H,6-11,13H2,1H3,(H,21,25)(H,20,22,23). The lowest BCUT2D eigenvalue weighted by atomic mass is 10.2. The predicted octanol–water partition coefficient (Wildman–Crippen LogP) is 0.854. The summed E-state index contributed by atoms with van der Waals surface area (Å²) >= 11 is 0. The maximum absolute atomic E-state index is 12.4. The van der Waals surface area contributed by atoms with Crippen LogP contribution in [0.3, 0.4) is 0 Å². The van der Waals surface area contributed by atoms with Crippen molar-refractivity contribution in [3.05, 3.63) is 47.5 Å². The molecule has 0 spiro atoms. The van der Waals surface area contributed by atoms with E-state index >= 15 is 0 Å². The first-order valence-electron chi connectivity index (χ1n) is 8.77. The van der Waals surface area contributed by atoms with Gasteiger partial charge in [0.15, 0.2) is 0 Å². The highest BCUT2D eigenvalue weighted by atomic mass is 16.5. The molecule has 1 aliphatic rings. The van der Waals surface area contributed by atoms with Crippen LogP contribution in [0.15, 0.2) is 30.6 Å². The van der Waals surface area contributed by atoms with Crippen molar-refractivity contribution in [2.45, 2.75) is 13.5 Å². The van der Waals surface area contributed by atoms with Crippen LogP contribution in [0.4, 0.5) is 5.95 Å². The fourth-order valence-electron chi connectivity index (χ4n) is 2.69. The Hall–Kier alpha value is -2.58. The van der Waals surface area contributed by atoms with Crippen LogP contribution < -0.4 is 10.6 Å². The molecule has 0 saturated carbocycles. The maximum atomic E-state index is 12.4. The van der Waals surface area contributed by atoms with Crippen LogP contribution in [0.2, 0.25) is 0 Å². The maximum Gasteiger partial charge on any atom is 0.270 e. The Morgan fingerprint density at radius 1 is 1.23 bits per heavy atom. The lowest BCUT2D eigenvalue weighted by molar-refractivity contribution is 0.0398. The number of nitrogens with zero attached hydrogens (tertiary/aromatic N) is 4. The Balaban J connectivity index is 1.53. The number of aryl methyl sites for hydroxylation is 1. The molecule has 0 bridgehead atoms. The third kappa shape index (κ3) is 5.47. The number of rotatable bonds is 7. The summed E-state index contributed by atoms with van der Waals surface area (Å²) in [6.45, 7) is 7.36. The van der Waals surface area contributed by atoms with Gasteiger partial charge in [0.1, 0.15) is 5.69 Å². The fourth-order valence-corrected chi connectivity index (χ4v) is 2.69. The number of aromatic nitrogens is 3. The molecule has 0 unspecified atom stereocenters. The summed E-state index contributed by atoms with van der Waals surface area (Å²) in [6.07, 6.45) is 3.40. The molecule has 0 radical (unpaired) electrons. The molecule has 1 amide bonds. The number of nitrogens with one attached hydrogen (secondary N) is 2. The van der Waals surface area contributed by atoms with E-state index in [4.69, 9.17) is 4.74 Å². The molecule has 0 atom stereocenters. The lowest BCUT2D eigenvalue weighted by Gasteiger charge is -2.26. The van der Waals surface area contributed by atoms with Crippen molar-refractivity contribution in [3.8, 4) is 0 Å². The third-order valence-electron chi connectivity index (χ3n) is 4.10. The SMILES string of the molecule is Cc1cc(C(=O)NCc2ccncc2)nc(NCCN2CCOCC2)n1. The average Bonchev–Trinajstić information content (AvgIpc) is 2.67. The molecule has 0 aromatic carbocycles. The molecule has 1 aliphatic heterocycles. The first kappa shape index (κ1) is 18.2. The van der Waals surface area contributed by atoms with Gasteiger partial charge in [0.25, 0.3) is 5.91 Å². The van der Waals surface area contributed by atoms with Crippen LogP contribution in [-0.4, -0.2) is 65.2 Å². The number of hydrogen-bond acceptors (Lipinski definition) is 7. The summed E-state index contributed by atoms with van der Waals surface area (Å²) in [4.78, 5) is 27.4. The minimum atomic E-state index is -0.219. The van der Waals surface area contributed by atoms with E-state index in [0.717, 1.165) is 50.7 Å². The van der Waals surface area contributed by atoms with Crippen LogP contribution in [0.5, 0.6) is 0 Å². The number of carbonyl (C=O) groups is 1. The molecule has 3 rings (SSSR count). The summed E-state index contributed by atoms with van der Waals surface area (Å²) < 4.78 is 5.34. The largest absolute Gasteiger partial charge is 0.379 e. The Labute approximate surface area is 153 Å². The zero-order chi connectivity index (χ0) is 18.2. The number of anilines is 1. The molecule has 1 saturated heterocycles. The summed E-state index contributed by atoms with van der Waals surface area (Å²) in [5, 5.41) is 6.08. The van der Waals surface area contributed by atoms with Crippen LogP contribution in [0.25, 0.3) is 0 Å². The molecule has 0 aliphatic carbocycles. The molecule has 2 N–H and O–H groups in total. The second kappa shape index (κ2) is 9.21. The van der Waals surface area contributed by atoms with Crippen LogP contribution >= 0.6 is 0 Å². The number of pyridine rings is 1. The van der Waals surface area contributed by atoms with E-state index in [9.17, 15) is 4.79 Å². The topological polar surface area (TPSA) is 92.3 Å². The monoisotopic (exact) mass is 356 g/mol. The van der Waals surface area contributed by atoms with Gasteiger partial charge in [-0.05, 0) is 30.7 Å². The number of amides is 1. The highest BCUT2D eigenvalue weighted by molar-refractivity contribution is 5.92. The van der Waals surface area contributed by atoms with E-state index in [-0.39, 0.29) is 5.91 Å². The molecule has 8 nitrogen and oxygen atoms in total. The first-order valence-corrected chi connectivity index (χ1v) is 8.77.